The molecule has 14 heteroatoms. The third-order valence-corrected chi connectivity index (χ3v) is 9.49. The lowest BCUT2D eigenvalue weighted by Gasteiger charge is -2.61. The minimum Gasteiger partial charge on any atom is -0.504 e. The predicted octanol–water partition coefficient (Wildman–Crippen LogP) is 1.08. The molecule has 46 heavy (non-hydrogen) atoms. The Morgan fingerprint density at radius 3 is 2.52 bits per heavy atom. The predicted molar refractivity (Wildman–Crippen MR) is 157 cm³/mol. The number of carboxylic acid groups (broad SMARTS) is 1. The molecule has 0 aromatic heterocycles. The minimum atomic E-state index is -1.77. The second kappa shape index (κ2) is 12.2. The first-order chi connectivity index (χ1) is 21.6. The largest absolute Gasteiger partial charge is 0.504 e. The van der Waals surface area contributed by atoms with E-state index >= 15 is 0 Å². The normalized spacial score (nSPS) is 27.7. The van der Waals surface area contributed by atoms with Gasteiger partial charge in [-0.15, -0.1) is 0 Å². The van der Waals surface area contributed by atoms with Gasteiger partial charge in [0, 0.05) is 24.9 Å². The number of nitrogens with one attached hydrogen (secondary N) is 1. The van der Waals surface area contributed by atoms with Crippen LogP contribution in [0.2, 0.25) is 0 Å². The number of hydrogen-bond acceptors (Lipinski definition) is 12. The Hall–Kier alpha value is -4.17. The van der Waals surface area contributed by atoms with Gasteiger partial charge in [0.15, 0.2) is 23.7 Å². The van der Waals surface area contributed by atoms with Crippen LogP contribution in [0, 0.1) is 5.92 Å². The zero-order valence-electron chi connectivity index (χ0n) is 26.4. The molecule has 0 unspecified atom stereocenters. The Morgan fingerprint density at radius 2 is 1.87 bits per heavy atom. The molecule has 5 rings (SSSR count). The summed E-state index contributed by atoms with van der Waals surface area (Å²) in [5, 5.41) is 34.7. The summed E-state index contributed by atoms with van der Waals surface area (Å²) in [5.74, 6) is -5.01. The maximum Gasteiger partial charge on any atom is 0.348 e. The molecule has 2 aliphatic heterocycles. The van der Waals surface area contributed by atoms with Crippen molar-refractivity contribution in [3.63, 3.8) is 0 Å². The fourth-order valence-electron chi connectivity index (χ4n) is 7.42. The van der Waals surface area contributed by atoms with Crippen LogP contribution in [0.1, 0.15) is 64.5 Å². The summed E-state index contributed by atoms with van der Waals surface area (Å²) in [6.45, 7) is 6.45. The number of phenols is 1. The molecule has 1 spiro atoms. The van der Waals surface area contributed by atoms with Crippen LogP contribution < -0.4 is 10.1 Å². The monoisotopic (exact) mass is 644 g/mol. The van der Waals surface area contributed by atoms with Crippen LogP contribution in [0.5, 0.6) is 11.5 Å². The molecule has 2 aliphatic carbocycles. The van der Waals surface area contributed by atoms with Gasteiger partial charge in [-0.25, -0.2) is 9.59 Å². The van der Waals surface area contributed by atoms with Crippen LogP contribution in [0.3, 0.4) is 0 Å². The third-order valence-electron chi connectivity index (χ3n) is 9.49. The van der Waals surface area contributed by atoms with E-state index in [9.17, 15) is 39.3 Å². The van der Waals surface area contributed by atoms with Crippen LogP contribution >= 0.6 is 0 Å². The summed E-state index contributed by atoms with van der Waals surface area (Å²) in [4.78, 5) is 64.3. The van der Waals surface area contributed by atoms with Crippen molar-refractivity contribution in [3.05, 3.63) is 35.1 Å². The fourth-order valence-corrected chi connectivity index (χ4v) is 7.42. The summed E-state index contributed by atoms with van der Waals surface area (Å²) >= 11 is 0. The first-order valence-corrected chi connectivity index (χ1v) is 15.3. The van der Waals surface area contributed by atoms with Gasteiger partial charge in [-0.2, -0.15) is 0 Å². The Balaban J connectivity index is 1.31. The number of likely N-dealkylation sites (N-methyl/N-ethyl adjacent to an activating group) is 1. The van der Waals surface area contributed by atoms with E-state index < -0.39 is 71.6 Å². The highest BCUT2D eigenvalue weighted by atomic mass is 16.6. The molecule has 2 heterocycles. The van der Waals surface area contributed by atoms with Crippen LogP contribution in [0.15, 0.2) is 24.0 Å². The van der Waals surface area contributed by atoms with Crippen LogP contribution in [-0.4, -0.2) is 99.6 Å². The number of benzene rings is 1. The van der Waals surface area contributed by atoms with Gasteiger partial charge >= 0.3 is 23.9 Å². The number of esters is 3. The van der Waals surface area contributed by atoms with Crippen molar-refractivity contribution in [3.8, 4) is 11.5 Å². The number of nitrogens with zero attached hydrogens (tertiary/aromatic N) is 1. The first-order valence-electron chi connectivity index (χ1n) is 15.3. The van der Waals surface area contributed by atoms with Crippen molar-refractivity contribution >= 4 is 29.8 Å². The third kappa shape index (κ3) is 5.57. The lowest BCUT2D eigenvalue weighted by Crippen LogP contribution is -2.74. The van der Waals surface area contributed by atoms with Crippen molar-refractivity contribution in [2.75, 3.05) is 13.6 Å². The molecule has 14 nitrogen and oxygen atoms in total. The van der Waals surface area contributed by atoms with Crippen LogP contribution in [0.25, 0.3) is 0 Å². The highest BCUT2D eigenvalue weighted by Gasteiger charge is 2.72. The number of amides is 1. The van der Waals surface area contributed by atoms with Gasteiger partial charge in [-0.1, -0.05) is 19.9 Å². The Kier molecular flexibility index (Phi) is 8.81. The summed E-state index contributed by atoms with van der Waals surface area (Å²) in [5.41, 5.74) is -0.643. The highest BCUT2D eigenvalue weighted by molar-refractivity contribution is 5.89. The molecule has 1 amide bonds. The van der Waals surface area contributed by atoms with Crippen molar-refractivity contribution < 1.29 is 58.2 Å². The maximum absolute atomic E-state index is 13.3. The number of aromatic hydroxyl groups is 1. The van der Waals surface area contributed by atoms with E-state index in [-0.39, 0.29) is 42.1 Å². The van der Waals surface area contributed by atoms with Gasteiger partial charge < -0.3 is 44.5 Å². The average Bonchev–Trinajstić information content (AvgIpc) is 3.32. The number of aliphatic hydroxyl groups is 1. The summed E-state index contributed by atoms with van der Waals surface area (Å²) in [6.07, 6.45) is -2.10. The zero-order chi connectivity index (χ0) is 33.7. The van der Waals surface area contributed by atoms with Crippen molar-refractivity contribution in [1.82, 2.24) is 10.2 Å². The van der Waals surface area contributed by atoms with Gasteiger partial charge in [0.25, 0.3) is 5.91 Å². The fraction of sp³-hybridized carbons (Fsp3) is 0.594. The standard InChI is InChI=1S/C32H40N2O12/c1-15(2)12-19(29(39)40)33-28(38)16(3)43-30(41)22(44-17(4)35)14-24(37)45-21-8-9-32(42)23-13-18-6-7-20(36)26-25(18)31(32,27(21)46-26)10-11-34(23)5/h6-8,15-16,19,22-23,27,36,42H,9-14H2,1-5H3,(H,33,38)(H,39,40)/t16-,19-,22-,23-,27-,31-,32+/m0/s1. The second-order valence-electron chi connectivity index (χ2n) is 13.0. The highest BCUT2D eigenvalue weighted by Crippen LogP contribution is 2.65. The Labute approximate surface area is 265 Å². The van der Waals surface area contributed by atoms with Gasteiger partial charge in [0.1, 0.15) is 11.8 Å². The number of rotatable bonds is 11. The van der Waals surface area contributed by atoms with E-state index in [1.807, 2.05) is 13.1 Å². The number of likely N-dealkylation sites (tertiary alicyclic amines) is 1. The van der Waals surface area contributed by atoms with Gasteiger partial charge in [0.2, 0.25) is 6.10 Å². The first kappa shape index (κ1) is 33.2. The van der Waals surface area contributed by atoms with Crippen molar-refractivity contribution in [1.29, 1.82) is 0 Å². The Morgan fingerprint density at radius 1 is 1.15 bits per heavy atom. The average molecular weight is 645 g/mol. The molecule has 4 N–H and O–H groups in total. The molecular weight excluding hydrogens is 604 g/mol. The lowest BCUT2D eigenvalue weighted by molar-refractivity contribution is -0.177. The molecule has 0 radical (unpaired) electrons. The lowest BCUT2D eigenvalue weighted by atomic mass is 9.50. The van der Waals surface area contributed by atoms with E-state index in [1.165, 1.54) is 6.92 Å². The molecule has 4 aliphatic rings. The number of ether oxygens (including phenoxy) is 4. The molecule has 1 saturated heterocycles. The van der Waals surface area contributed by atoms with E-state index in [2.05, 4.69) is 10.2 Å². The quantitative estimate of drug-likeness (QED) is 0.197. The number of carbonyl (C=O) groups excluding carboxylic acids is 4. The zero-order valence-corrected chi connectivity index (χ0v) is 26.4. The van der Waals surface area contributed by atoms with Gasteiger partial charge in [-0.05, 0) is 63.4 Å². The SMILES string of the molecule is CC(=O)O[C@@H](CC(=O)OC1=CC[C@@]2(O)[C@@H]3Cc4ccc(O)c5c4[C@@]2(CCN3C)[C@H]1O5)C(=O)O[C@@H](C)C(=O)N[C@@H](CC(C)C)C(=O)O. The molecule has 2 bridgehead atoms. The second-order valence-corrected chi connectivity index (χ2v) is 13.0. The topological polar surface area (TPSA) is 198 Å². The molecule has 0 saturated carbocycles. The van der Waals surface area contributed by atoms with Crippen molar-refractivity contribution in [2.45, 2.75) is 101 Å². The molecule has 250 valence electrons. The smallest absolute Gasteiger partial charge is 0.348 e. The van der Waals surface area contributed by atoms with Gasteiger partial charge in [0.05, 0.1) is 17.4 Å². The number of phenolic OH excluding ortho intramolecular Hbond substituents is 1. The van der Waals surface area contributed by atoms with E-state index in [4.69, 9.17) is 18.9 Å². The number of piperidine rings is 1. The molecular formula is C32H40N2O12. The van der Waals surface area contributed by atoms with E-state index in [0.717, 1.165) is 12.5 Å². The van der Waals surface area contributed by atoms with E-state index in [1.54, 1.807) is 26.0 Å². The molecule has 1 fully saturated rings. The minimum absolute atomic E-state index is 0.0400. The summed E-state index contributed by atoms with van der Waals surface area (Å²) < 4.78 is 22.2. The molecule has 1 aromatic carbocycles. The maximum atomic E-state index is 13.3. The van der Waals surface area contributed by atoms with Gasteiger partial charge in [-0.3, -0.25) is 14.4 Å². The summed E-state index contributed by atoms with van der Waals surface area (Å²) in [6, 6.07) is 1.91. The molecule has 7 atom stereocenters. The summed E-state index contributed by atoms with van der Waals surface area (Å²) in [7, 11) is 1.95. The van der Waals surface area contributed by atoms with Crippen LogP contribution in [-0.2, 0) is 50.0 Å². The molecule has 1 aromatic rings. The number of carbonyl (C=O) groups is 5. The van der Waals surface area contributed by atoms with Crippen molar-refractivity contribution in [2.24, 2.45) is 5.92 Å². The Bertz CT molecular complexity index is 1490. The number of hydrogen-bond donors (Lipinski definition) is 4. The van der Waals surface area contributed by atoms with Crippen LogP contribution in [0.4, 0.5) is 0 Å². The number of aliphatic carboxylic acids is 1. The number of carboxylic acids is 1. The van der Waals surface area contributed by atoms with E-state index in [0.29, 0.717) is 24.9 Å².